The average molecular weight is 259 g/mol. The van der Waals surface area contributed by atoms with Crippen LogP contribution < -0.4 is 5.32 Å². The van der Waals surface area contributed by atoms with Crippen LogP contribution in [0.3, 0.4) is 0 Å². The molecule has 5 nitrogen and oxygen atoms in total. The summed E-state index contributed by atoms with van der Waals surface area (Å²) in [6.45, 7) is 5.27. The van der Waals surface area contributed by atoms with Gasteiger partial charge in [0.1, 0.15) is 6.04 Å². The van der Waals surface area contributed by atoms with Crippen LogP contribution in [0.15, 0.2) is 0 Å². The van der Waals surface area contributed by atoms with E-state index in [1.807, 2.05) is 6.92 Å². The topological polar surface area (TPSA) is 56.8 Å². The fourth-order valence-electron chi connectivity index (χ4n) is 1.99. The molecule has 1 aliphatic rings. The van der Waals surface area contributed by atoms with Gasteiger partial charge in [0, 0.05) is 26.4 Å². The van der Waals surface area contributed by atoms with Crippen LogP contribution in [-0.4, -0.2) is 52.1 Å². The second kappa shape index (κ2) is 9.30. The molecule has 1 atom stereocenters. The van der Waals surface area contributed by atoms with Gasteiger partial charge >= 0.3 is 5.97 Å². The molecule has 106 valence electrons. The van der Waals surface area contributed by atoms with E-state index in [0.717, 1.165) is 32.7 Å². The van der Waals surface area contributed by atoms with Crippen LogP contribution in [0.5, 0.6) is 0 Å². The highest BCUT2D eigenvalue weighted by atomic mass is 16.5. The van der Waals surface area contributed by atoms with Crippen molar-refractivity contribution in [2.24, 2.45) is 5.92 Å². The number of hydrogen-bond acceptors (Lipinski definition) is 5. The first-order valence-electron chi connectivity index (χ1n) is 6.77. The molecule has 0 saturated carbocycles. The van der Waals surface area contributed by atoms with E-state index in [1.54, 1.807) is 7.05 Å². The summed E-state index contributed by atoms with van der Waals surface area (Å²) in [7, 11) is 1.76. The van der Waals surface area contributed by atoms with Gasteiger partial charge in [0.05, 0.1) is 6.61 Å². The minimum absolute atomic E-state index is 0.199. The summed E-state index contributed by atoms with van der Waals surface area (Å²) in [5.74, 6) is 0.407. The number of ether oxygens (including phenoxy) is 3. The van der Waals surface area contributed by atoms with Gasteiger partial charge in [-0.1, -0.05) is 0 Å². The van der Waals surface area contributed by atoms with E-state index in [1.165, 1.54) is 0 Å². The lowest BCUT2D eigenvalue weighted by molar-refractivity contribution is -0.146. The lowest BCUT2D eigenvalue weighted by atomic mass is 10.0. The van der Waals surface area contributed by atoms with Crippen molar-refractivity contribution >= 4 is 5.97 Å². The quantitative estimate of drug-likeness (QED) is 0.520. The van der Waals surface area contributed by atoms with Gasteiger partial charge in [0.25, 0.3) is 0 Å². The van der Waals surface area contributed by atoms with E-state index in [4.69, 9.17) is 14.2 Å². The van der Waals surface area contributed by atoms with Crippen LogP contribution in [0, 0.1) is 5.92 Å². The molecule has 1 N–H and O–H groups in total. The van der Waals surface area contributed by atoms with Gasteiger partial charge in [-0.15, -0.1) is 0 Å². The molecule has 0 bridgehead atoms. The Labute approximate surface area is 109 Å². The summed E-state index contributed by atoms with van der Waals surface area (Å²) in [6, 6.07) is -0.264. The molecule has 0 aromatic rings. The second-order valence-corrected chi connectivity index (χ2v) is 4.51. The van der Waals surface area contributed by atoms with Crippen LogP contribution in [0.4, 0.5) is 0 Å². The SMILES string of the molecule is CCOC(=O)C(CCOCC1CCOCC1)NC. The van der Waals surface area contributed by atoms with Crippen molar-refractivity contribution in [1.29, 1.82) is 0 Å². The first-order valence-corrected chi connectivity index (χ1v) is 6.77. The molecular weight excluding hydrogens is 234 g/mol. The molecule has 0 radical (unpaired) electrons. The summed E-state index contributed by atoms with van der Waals surface area (Å²) in [4.78, 5) is 11.5. The maximum absolute atomic E-state index is 11.5. The van der Waals surface area contributed by atoms with Crippen molar-refractivity contribution < 1.29 is 19.0 Å². The molecule has 1 fully saturated rings. The smallest absolute Gasteiger partial charge is 0.323 e. The highest BCUT2D eigenvalue weighted by Gasteiger charge is 2.18. The van der Waals surface area contributed by atoms with E-state index < -0.39 is 0 Å². The van der Waals surface area contributed by atoms with Crippen LogP contribution in [0.1, 0.15) is 26.2 Å². The number of esters is 1. The molecule has 1 rings (SSSR count). The van der Waals surface area contributed by atoms with Crippen molar-refractivity contribution in [3.8, 4) is 0 Å². The Hall–Kier alpha value is -0.650. The molecule has 0 aromatic carbocycles. The number of carbonyl (C=O) groups excluding carboxylic acids is 1. The first kappa shape index (κ1) is 15.4. The maximum atomic E-state index is 11.5. The monoisotopic (exact) mass is 259 g/mol. The summed E-state index contributed by atoms with van der Waals surface area (Å²) >= 11 is 0. The fraction of sp³-hybridized carbons (Fsp3) is 0.923. The highest BCUT2D eigenvalue weighted by Crippen LogP contribution is 2.14. The Morgan fingerprint density at radius 3 is 2.78 bits per heavy atom. The minimum Gasteiger partial charge on any atom is -0.465 e. The van der Waals surface area contributed by atoms with Crippen molar-refractivity contribution in [2.45, 2.75) is 32.2 Å². The third-order valence-corrected chi connectivity index (χ3v) is 3.16. The Kier molecular flexibility index (Phi) is 7.96. The Morgan fingerprint density at radius 2 is 2.17 bits per heavy atom. The molecule has 0 amide bonds. The van der Waals surface area contributed by atoms with Gasteiger partial charge in [-0.25, -0.2) is 0 Å². The summed E-state index contributed by atoms with van der Waals surface area (Å²) in [6.07, 6.45) is 2.80. The summed E-state index contributed by atoms with van der Waals surface area (Å²) < 4.78 is 15.9. The van der Waals surface area contributed by atoms with Crippen molar-refractivity contribution in [1.82, 2.24) is 5.32 Å². The highest BCUT2D eigenvalue weighted by molar-refractivity contribution is 5.75. The molecule has 1 heterocycles. The zero-order chi connectivity index (χ0) is 13.2. The van der Waals surface area contributed by atoms with E-state index in [9.17, 15) is 4.79 Å². The zero-order valence-corrected chi connectivity index (χ0v) is 11.4. The lowest BCUT2D eigenvalue weighted by Gasteiger charge is -2.22. The van der Waals surface area contributed by atoms with Crippen LogP contribution in [0.2, 0.25) is 0 Å². The Morgan fingerprint density at radius 1 is 1.44 bits per heavy atom. The lowest BCUT2D eigenvalue weighted by Crippen LogP contribution is -2.36. The minimum atomic E-state index is -0.264. The third kappa shape index (κ3) is 5.80. The van der Waals surface area contributed by atoms with Gasteiger partial charge in [0.15, 0.2) is 0 Å². The van der Waals surface area contributed by atoms with E-state index >= 15 is 0 Å². The Bertz CT molecular complexity index is 229. The molecule has 18 heavy (non-hydrogen) atoms. The number of rotatable bonds is 8. The predicted octanol–water partition coefficient (Wildman–Crippen LogP) is 0.971. The molecule has 0 aliphatic carbocycles. The van der Waals surface area contributed by atoms with Gasteiger partial charge in [-0.2, -0.15) is 0 Å². The van der Waals surface area contributed by atoms with E-state index in [0.29, 0.717) is 25.6 Å². The fourth-order valence-corrected chi connectivity index (χ4v) is 1.99. The van der Waals surface area contributed by atoms with Crippen molar-refractivity contribution in [2.75, 3.05) is 40.1 Å². The first-order chi connectivity index (χ1) is 8.77. The van der Waals surface area contributed by atoms with Crippen molar-refractivity contribution in [3.63, 3.8) is 0 Å². The van der Waals surface area contributed by atoms with Gasteiger partial charge in [-0.3, -0.25) is 4.79 Å². The van der Waals surface area contributed by atoms with E-state index in [-0.39, 0.29) is 12.0 Å². The van der Waals surface area contributed by atoms with Crippen LogP contribution >= 0.6 is 0 Å². The standard InChI is InChI=1S/C13H25NO4/c1-3-18-13(15)12(14-2)6-9-17-10-11-4-7-16-8-5-11/h11-12,14H,3-10H2,1-2H3. The Balaban J connectivity index is 2.09. The van der Waals surface area contributed by atoms with Crippen LogP contribution in [-0.2, 0) is 19.0 Å². The van der Waals surface area contributed by atoms with Crippen molar-refractivity contribution in [3.05, 3.63) is 0 Å². The van der Waals surface area contributed by atoms with E-state index in [2.05, 4.69) is 5.32 Å². The molecule has 1 aliphatic heterocycles. The number of hydrogen-bond donors (Lipinski definition) is 1. The molecule has 1 unspecified atom stereocenters. The third-order valence-electron chi connectivity index (χ3n) is 3.16. The molecule has 5 heteroatoms. The predicted molar refractivity (Wildman–Crippen MR) is 68.5 cm³/mol. The van der Waals surface area contributed by atoms with Gasteiger partial charge in [0.2, 0.25) is 0 Å². The summed E-state index contributed by atoms with van der Waals surface area (Å²) in [5.41, 5.74) is 0. The number of nitrogens with one attached hydrogen (secondary N) is 1. The largest absolute Gasteiger partial charge is 0.465 e. The molecule has 0 spiro atoms. The van der Waals surface area contributed by atoms with Crippen LogP contribution in [0.25, 0.3) is 0 Å². The number of carbonyl (C=O) groups is 1. The maximum Gasteiger partial charge on any atom is 0.323 e. The second-order valence-electron chi connectivity index (χ2n) is 4.51. The molecule has 1 saturated heterocycles. The molecular formula is C13H25NO4. The average Bonchev–Trinajstić information content (AvgIpc) is 2.40. The normalized spacial score (nSPS) is 18.6. The van der Waals surface area contributed by atoms with Gasteiger partial charge < -0.3 is 19.5 Å². The number of likely N-dealkylation sites (N-methyl/N-ethyl adjacent to an activating group) is 1. The summed E-state index contributed by atoms with van der Waals surface area (Å²) in [5, 5.41) is 2.95. The zero-order valence-electron chi connectivity index (χ0n) is 11.4. The molecule has 0 aromatic heterocycles. The van der Waals surface area contributed by atoms with Gasteiger partial charge in [-0.05, 0) is 39.2 Å².